The SMILES string of the molecule is Cc1cc(C(=O)N2CCCN(C(=O)c3ccc[nH]3)CC2)c(C)n1C. The zero-order valence-electron chi connectivity index (χ0n) is 14.5. The molecule has 2 amide bonds. The fourth-order valence-corrected chi connectivity index (χ4v) is 3.20. The van der Waals surface area contributed by atoms with E-state index in [1.54, 1.807) is 12.3 Å². The molecule has 3 rings (SSSR count). The van der Waals surface area contributed by atoms with Crippen molar-refractivity contribution in [2.75, 3.05) is 26.2 Å². The lowest BCUT2D eigenvalue weighted by atomic mass is 10.2. The molecule has 0 bridgehead atoms. The Morgan fingerprint density at radius 1 is 1.04 bits per heavy atom. The van der Waals surface area contributed by atoms with Crippen molar-refractivity contribution in [2.24, 2.45) is 7.05 Å². The summed E-state index contributed by atoms with van der Waals surface area (Å²) in [6.07, 6.45) is 2.55. The van der Waals surface area contributed by atoms with Crippen LogP contribution in [-0.2, 0) is 7.05 Å². The van der Waals surface area contributed by atoms with Crippen molar-refractivity contribution in [3.05, 3.63) is 47.0 Å². The topological polar surface area (TPSA) is 61.3 Å². The quantitative estimate of drug-likeness (QED) is 0.916. The lowest BCUT2D eigenvalue weighted by Crippen LogP contribution is -2.37. The predicted molar refractivity (Wildman–Crippen MR) is 92.1 cm³/mol. The molecule has 0 aromatic carbocycles. The van der Waals surface area contributed by atoms with E-state index in [0.29, 0.717) is 31.9 Å². The molecular weight excluding hydrogens is 304 g/mol. The van der Waals surface area contributed by atoms with Gasteiger partial charge in [0.2, 0.25) is 0 Å². The monoisotopic (exact) mass is 328 g/mol. The summed E-state index contributed by atoms with van der Waals surface area (Å²) < 4.78 is 2.03. The maximum atomic E-state index is 12.8. The van der Waals surface area contributed by atoms with E-state index in [4.69, 9.17) is 0 Å². The van der Waals surface area contributed by atoms with Crippen LogP contribution in [0.4, 0.5) is 0 Å². The van der Waals surface area contributed by atoms with Gasteiger partial charge in [-0.1, -0.05) is 0 Å². The molecule has 0 aliphatic carbocycles. The number of nitrogens with zero attached hydrogens (tertiary/aromatic N) is 3. The predicted octanol–water partition coefficient (Wildman–Crippen LogP) is 1.96. The Hall–Kier alpha value is -2.50. The van der Waals surface area contributed by atoms with Gasteiger partial charge >= 0.3 is 0 Å². The number of carbonyl (C=O) groups is 2. The molecule has 1 aliphatic rings. The molecule has 1 saturated heterocycles. The van der Waals surface area contributed by atoms with Crippen LogP contribution in [0.2, 0.25) is 0 Å². The molecule has 6 heteroatoms. The molecule has 0 spiro atoms. The van der Waals surface area contributed by atoms with E-state index < -0.39 is 0 Å². The third-order valence-corrected chi connectivity index (χ3v) is 4.90. The first-order chi connectivity index (χ1) is 11.5. The highest BCUT2D eigenvalue weighted by Crippen LogP contribution is 2.17. The van der Waals surface area contributed by atoms with Crippen LogP contribution in [0.5, 0.6) is 0 Å². The lowest BCUT2D eigenvalue weighted by molar-refractivity contribution is 0.0715. The highest BCUT2D eigenvalue weighted by Gasteiger charge is 2.25. The number of nitrogens with one attached hydrogen (secondary N) is 1. The highest BCUT2D eigenvalue weighted by molar-refractivity contribution is 5.96. The second kappa shape index (κ2) is 6.55. The van der Waals surface area contributed by atoms with E-state index in [1.165, 1.54) is 0 Å². The Morgan fingerprint density at radius 3 is 2.25 bits per heavy atom. The molecule has 0 radical (unpaired) electrons. The van der Waals surface area contributed by atoms with Gasteiger partial charge in [0.25, 0.3) is 11.8 Å². The number of aryl methyl sites for hydroxylation is 1. The summed E-state index contributed by atoms with van der Waals surface area (Å²) in [5.41, 5.74) is 3.43. The van der Waals surface area contributed by atoms with Gasteiger partial charge in [-0.25, -0.2) is 0 Å². The maximum Gasteiger partial charge on any atom is 0.270 e. The molecular formula is C18H24N4O2. The molecule has 2 aromatic heterocycles. The standard InChI is InChI=1S/C18H24N4O2/c1-13-12-15(14(2)20(13)3)17(23)21-8-5-9-22(11-10-21)18(24)16-6-4-7-19-16/h4,6-7,12,19H,5,8-11H2,1-3H3. The van der Waals surface area contributed by atoms with Gasteiger partial charge in [-0.3, -0.25) is 9.59 Å². The molecule has 0 saturated carbocycles. The van der Waals surface area contributed by atoms with Crippen molar-refractivity contribution in [3.8, 4) is 0 Å². The van der Waals surface area contributed by atoms with Crippen LogP contribution in [0.15, 0.2) is 24.4 Å². The molecule has 1 N–H and O–H groups in total. The number of hydrogen-bond acceptors (Lipinski definition) is 2. The Kier molecular flexibility index (Phi) is 4.46. The first-order valence-corrected chi connectivity index (χ1v) is 8.34. The normalized spacial score (nSPS) is 15.5. The molecule has 3 heterocycles. The number of rotatable bonds is 2. The average Bonchev–Trinajstić information content (AvgIpc) is 3.11. The van der Waals surface area contributed by atoms with Gasteiger partial charge in [-0.2, -0.15) is 0 Å². The number of carbonyl (C=O) groups excluding carboxylic acids is 2. The molecule has 0 unspecified atom stereocenters. The van der Waals surface area contributed by atoms with Crippen LogP contribution in [0.1, 0.15) is 38.7 Å². The van der Waals surface area contributed by atoms with Gasteiger partial charge in [-0.15, -0.1) is 0 Å². The Bertz CT molecular complexity index is 745. The van der Waals surface area contributed by atoms with Crippen LogP contribution in [0.25, 0.3) is 0 Å². The lowest BCUT2D eigenvalue weighted by Gasteiger charge is -2.22. The van der Waals surface area contributed by atoms with Crippen molar-refractivity contribution >= 4 is 11.8 Å². The maximum absolute atomic E-state index is 12.8. The summed E-state index contributed by atoms with van der Waals surface area (Å²) in [6, 6.07) is 5.55. The summed E-state index contributed by atoms with van der Waals surface area (Å²) in [4.78, 5) is 31.9. The summed E-state index contributed by atoms with van der Waals surface area (Å²) >= 11 is 0. The second-order valence-electron chi connectivity index (χ2n) is 6.37. The molecule has 128 valence electrons. The number of aromatic nitrogens is 2. The Labute approximate surface area is 142 Å². The van der Waals surface area contributed by atoms with Crippen LogP contribution < -0.4 is 0 Å². The van der Waals surface area contributed by atoms with Crippen molar-refractivity contribution in [3.63, 3.8) is 0 Å². The fourth-order valence-electron chi connectivity index (χ4n) is 3.20. The molecule has 6 nitrogen and oxygen atoms in total. The molecule has 1 aliphatic heterocycles. The van der Waals surface area contributed by atoms with Crippen molar-refractivity contribution in [1.29, 1.82) is 0 Å². The van der Waals surface area contributed by atoms with Crippen molar-refractivity contribution < 1.29 is 9.59 Å². The zero-order chi connectivity index (χ0) is 17.3. The third kappa shape index (κ3) is 2.96. The third-order valence-electron chi connectivity index (χ3n) is 4.90. The van der Waals surface area contributed by atoms with Gasteiger partial charge in [0.15, 0.2) is 0 Å². The van der Waals surface area contributed by atoms with Crippen LogP contribution in [-0.4, -0.2) is 57.3 Å². The van der Waals surface area contributed by atoms with Crippen molar-refractivity contribution in [1.82, 2.24) is 19.4 Å². The van der Waals surface area contributed by atoms with Gasteiger partial charge in [-0.05, 0) is 38.5 Å². The summed E-state index contributed by atoms with van der Waals surface area (Å²) in [5, 5.41) is 0. The van der Waals surface area contributed by atoms with Crippen LogP contribution in [0, 0.1) is 13.8 Å². The average molecular weight is 328 g/mol. The van der Waals surface area contributed by atoms with E-state index in [0.717, 1.165) is 23.4 Å². The van der Waals surface area contributed by atoms with Crippen LogP contribution >= 0.6 is 0 Å². The molecule has 0 atom stereocenters. The van der Waals surface area contributed by atoms with E-state index in [-0.39, 0.29) is 11.8 Å². The van der Waals surface area contributed by atoms with E-state index in [1.807, 2.05) is 47.4 Å². The van der Waals surface area contributed by atoms with Crippen molar-refractivity contribution in [2.45, 2.75) is 20.3 Å². The Morgan fingerprint density at radius 2 is 1.71 bits per heavy atom. The zero-order valence-corrected chi connectivity index (χ0v) is 14.5. The summed E-state index contributed by atoms with van der Waals surface area (Å²) in [6.45, 7) is 6.46. The highest BCUT2D eigenvalue weighted by atomic mass is 16.2. The molecule has 1 fully saturated rings. The largest absolute Gasteiger partial charge is 0.357 e. The van der Waals surface area contributed by atoms with E-state index in [9.17, 15) is 9.59 Å². The minimum absolute atomic E-state index is 0.000958. The fraction of sp³-hybridized carbons (Fsp3) is 0.444. The van der Waals surface area contributed by atoms with E-state index in [2.05, 4.69) is 4.98 Å². The summed E-state index contributed by atoms with van der Waals surface area (Å²) in [7, 11) is 1.97. The van der Waals surface area contributed by atoms with Gasteiger partial charge < -0.3 is 19.4 Å². The number of hydrogen-bond donors (Lipinski definition) is 1. The Balaban J connectivity index is 1.70. The van der Waals surface area contributed by atoms with E-state index >= 15 is 0 Å². The second-order valence-corrected chi connectivity index (χ2v) is 6.37. The van der Waals surface area contributed by atoms with Gasteiger partial charge in [0, 0.05) is 50.8 Å². The first-order valence-electron chi connectivity index (χ1n) is 8.34. The van der Waals surface area contributed by atoms with Gasteiger partial charge in [0.05, 0.1) is 5.56 Å². The smallest absolute Gasteiger partial charge is 0.270 e. The molecule has 24 heavy (non-hydrogen) atoms. The number of H-pyrrole nitrogens is 1. The number of amides is 2. The minimum Gasteiger partial charge on any atom is -0.357 e. The minimum atomic E-state index is 0.000958. The first kappa shape index (κ1) is 16.4. The molecule has 2 aromatic rings. The van der Waals surface area contributed by atoms with Gasteiger partial charge in [0.1, 0.15) is 5.69 Å². The van der Waals surface area contributed by atoms with Crippen LogP contribution in [0.3, 0.4) is 0 Å². The number of aromatic amines is 1. The summed E-state index contributed by atoms with van der Waals surface area (Å²) in [5.74, 6) is 0.0615.